The standard InChI is InChI=1S/C15H14Cl3NO2/c16-12-6-14(18)15(7-13(12)17)19-8-10(20)9-21-11-4-2-1-3-5-11/h1-7,10,19-20H,8-9H2. The molecule has 0 aromatic heterocycles. The molecule has 1 unspecified atom stereocenters. The Morgan fingerprint density at radius 3 is 2.38 bits per heavy atom. The second kappa shape index (κ2) is 7.76. The molecule has 3 nitrogen and oxygen atoms in total. The van der Waals surface area contributed by atoms with Crippen LogP contribution in [0.4, 0.5) is 5.69 Å². The zero-order chi connectivity index (χ0) is 15.2. The van der Waals surface area contributed by atoms with E-state index in [0.717, 1.165) is 0 Å². The van der Waals surface area contributed by atoms with E-state index >= 15 is 0 Å². The van der Waals surface area contributed by atoms with Gasteiger partial charge in [-0.25, -0.2) is 0 Å². The molecule has 0 aliphatic rings. The summed E-state index contributed by atoms with van der Waals surface area (Å²) in [6.07, 6.45) is -0.685. The minimum absolute atomic E-state index is 0.177. The number of nitrogens with one attached hydrogen (secondary N) is 1. The molecule has 0 bridgehead atoms. The van der Waals surface area contributed by atoms with Gasteiger partial charge in [0, 0.05) is 6.54 Å². The molecule has 0 aliphatic heterocycles. The Labute approximate surface area is 138 Å². The smallest absolute Gasteiger partial charge is 0.119 e. The van der Waals surface area contributed by atoms with E-state index in [4.69, 9.17) is 39.5 Å². The summed E-state index contributed by atoms with van der Waals surface area (Å²) in [6.45, 7) is 0.459. The number of anilines is 1. The SMILES string of the molecule is OC(CNc1cc(Cl)c(Cl)cc1Cl)COc1ccccc1. The van der Waals surface area contributed by atoms with Gasteiger partial charge in [0.1, 0.15) is 18.5 Å². The number of ether oxygens (including phenoxy) is 1. The van der Waals surface area contributed by atoms with E-state index in [1.54, 1.807) is 12.1 Å². The summed E-state index contributed by atoms with van der Waals surface area (Å²) in [5.41, 5.74) is 0.616. The molecule has 0 aliphatic carbocycles. The minimum atomic E-state index is -0.685. The summed E-state index contributed by atoms with van der Waals surface area (Å²) < 4.78 is 5.46. The lowest BCUT2D eigenvalue weighted by atomic mass is 10.3. The van der Waals surface area contributed by atoms with Gasteiger partial charge in [-0.15, -0.1) is 0 Å². The molecule has 2 N–H and O–H groups in total. The highest BCUT2D eigenvalue weighted by Gasteiger charge is 2.09. The predicted molar refractivity (Wildman–Crippen MR) is 87.9 cm³/mol. The average molecular weight is 347 g/mol. The van der Waals surface area contributed by atoms with Crippen LogP contribution in [-0.2, 0) is 0 Å². The van der Waals surface area contributed by atoms with Gasteiger partial charge in [-0.3, -0.25) is 0 Å². The summed E-state index contributed by atoms with van der Waals surface area (Å²) >= 11 is 17.8. The molecule has 0 spiro atoms. The van der Waals surface area contributed by atoms with Crippen molar-refractivity contribution in [2.75, 3.05) is 18.5 Å². The molecule has 0 heterocycles. The Kier molecular flexibility index (Phi) is 6.00. The second-order valence-corrected chi connectivity index (χ2v) is 5.63. The van der Waals surface area contributed by atoms with Crippen LogP contribution in [0.2, 0.25) is 15.1 Å². The van der Waals surface area contributed by atoms with E-state index in [1.807, 2.05) is 30.3 Å². The number of halogens is 3. The van der Waals surface area contributed by atoms with Crippen LogP contribution in [0, 0.1) is 0 Å². The quantitative estimate of drug-likeness (QED) is 0.757. The van der Waals surface area contributed by atoms with E-state index < -0.39 is 6.10 Å². The molecule has 2 aromatic rings. The third-order valence-electron chi connectivity index (χ3n) is 2.72. The van der Waals surface area contributed by atoms with Crippen LogP contribution in [0.25, 0.3) is 0 Å². The number of hydrogen-bond acceptors (Lipinski definition) is 3. The molecule has 2 aromatic carbocycles. The first-order valence-corrected chi connectivity index (χ1v) is 7.44. The molecule has 0 fully saturated rings. The summed E-state index contributed by atoms with van der Waals surface area (Å²) in [4.78, 5) is 0. The summed E-state index contributed by atoms with van der Waals surface area (Å²) in [7, 11) is 0. The fraction of sp³-hybridized carbons (Fsp3) is 0.200. The molecule has 0 saturated heterocycles. The molecule has 0 radical (unpaired) electrons. The summed E-state index contributed by atoms with van der Waals surface area (Å²) in [5, 5.41) is 14.1. The van der Waals surface area contributed by atoms with Crippen molar-refractivity contribution in [3.63, 3.8) is 0 Å². The molecule has 21 heavy (non-hydrogen) atoms. The molecular formula is C15H14Cl3NO2. The lowest BCUT2D eigenvalue weighted by Gasteiger charge is -2.15. The van der Waals surface area contributed by atoms with Gasteiger partial charge < -0.3 is 15.2 Å². The number of benzene rings is 2. The van der Waals surface area contributed by atoms with Crippen LogP contribution >= 0.6 is 34.8 Å². The lowest BCUT2D eigenvalue weighted by Crippen LogP contribution is -2.26. The Morgan fingerprint density at radius 2 is 1.67 bits per heavy atom. The first-order chi connectivity index (χ1) is 10.1. The van der Waals surface area contributed by atoms with Crippen LogP contribution in [0.1, 0.15) is 0 Å². The zero-order valence-corrected chi connectivity index (χ0v) is 13.3. The summed E-state index contributed by atoms with van der Waals surface area (Å²) in [6, 6.07) is 12.5. The fourth-order valence-corrected chi connectivity index (χ4v) is 2.27. The van der Waals surface area contributed by atoms with Gasteiger partial charge in [0.25, 0.3) is 0 Å². The highest BCUT2D eigenvalue weighted by molar-refractivity contribution is 6.44. The maximum atomic E-state index is 9.90. The third kappa shape index (κ3) is 4.97. The van der Waals surface area contributed by atoms with Crippen LogP contribution < -0.4 is 10.1 Å². The maximum Gasteiger partial charge on any atom is 0.119 e. The second-order valence-electron chi connectivity index (χ2n) is 4.40. The number of hydrogen-bond donors (Lipinski definition) is 2. The van der Waals surface area contributed by atoms with Crippen molar-refractivity contribution in [3.8, 4) is 5.75 Å². The van der Waals surface area contributed by atoms with Crippen molar-refractivity contribution < 1.29 is 9.84 Å². The topological polar surface area (TPSA) is 41.5 Å². The number of para-hydroxylation sites is 1. The Balaban J connectivity index is 1.84. The molecule has 2 rings (SSSR count). The molecule has 0 amide bonds. The summed E-state index contributed by atoms with van der Waals surface area (Å²) in [5.74, 6) is 0.712. The third-order valence-corrected chi connectivity index (χ3v) is 3.76. The highest BCUT2D eigenvalue weighted by Crippen LogP contribution is 2.32. The van der Waals surface area contributed by atoms with Gasteiger partial charge in [-0.1, -0.05) is 53.0 Å². The van der Waals surface area contributed by atoms with Crippen LogP contribution in [0.3, 0.4) is 0 Å². The van der Waals surface area contributed by atoms with Crippen molar-refractivity contribution in [1.82, 2.24) is 0 Å². The Bertz CT molecular complexity index is 593. The van der Waals surface area contributed by atoms with Crippen molar-refractivity contribution in [1.29, 1.82) is 0 Å². The van der Waals surface area contributed by atoms with E-state index in [0.29, 0.717) is 26.5 Å². The maximum absolute atomic E-state index is 9.90. The minimum Gasteiger partial charge on any atom is -0.491 e. The Morgan fingerprint density at radius 1 is 1.00 bits per heavy atom. The average Bonchev–Trinajstić information content (AvgIpc) is 2.48. The molecular weight excluding hydrogens is 333 g/mol. The largest absolute Gasteiger partial charge is 0.491 e. The predicted octanol–water partition coefficient (Wildman–Crippen LogP) is 4.50. The lowest BCUT2D eigenvalue weighted by molar-refractivity contribution is 0.117. The first-order valence-electron chi connectivity index (χ1n) is 6.30. The van der Waals surface area contributed by atoms with Crippen LogP contribution in [0.5, 0.6) is 5.75 Å². The molecule has 6 heteroatoms. The van der Waals surface area contributed by atoms with E-state index in [-0.39, 0.29) is 13.2 Å². The zero-order valence-electron chi connectivity index (χ0n) is 11.0. The van der Waals surface area contributed by atoms with Crippen LogP contribution in [0.15, 0.2) is 42.5 Å². The normalized spacial score (nSPS) is 12.0. The highest BCUT2D eigenvalue weighted by atomic mass is 35.5. The van der Waals surface area contributed by atoms with Crippen LogP contribution in [-0.4, -0.2) is 24.4 Å². The van der Waals surface area contributed by atoms with Crippen molar-refractivity contribution in [2.45, 2.75) is 6.10 Å². The van der Waals surface area contributed by atoms with Gasteiger partial charge >= 0.3 is 0 Å². The molecule has 1 atom stereocenters. The Hall–Kier alpha value is -1.13. The number of aliphatic hydroxyl groups excluding tert-OH is 1. The van der Waals surface area contributed by atoms with E-state index in [1.165, 1.54) is 0 Å². The van der Waals surface area contributed by atoms with Crippen molar-refractivity contribution in [2.24, 2.45) is 0 Å². The van der Waals surface area contributed by atoms with E-state index in [9.17, 15) is 5.11 Å². The van der Waals surface area contributed by atoms with Crippen molar-refractivity contribution in [3.05, 3.63) is 57.5 Å². The van der Waals surface area contributed by atoms with E-state index in [2.05, 4.69) is 5.32 Å². The van der Waals surface area contributed by atoms with Gasteiger partial charge in [-0.2, -0.15) is 0 Å². The van der Waals surface area contributed by atoms with Gasteiger partial charge in [-0.05, 0) is 24.3 Å². The first kappa shape index (κ1) is 16.2. The van der Waals surface area contributed by atoms with Crippen molar-refractivity contribution >= 4 is 40.5 Å². The van der Waals surface area contributed by atoms with Gasteiger partial charge in [0.2, 0.25) is 0 Å². The van der Waals surface area contributed by atoms with Gasteiger partial charge in [0.05, 0.1) is 20.8 Å². The number of rotatable bonds is 6. The van der Waals surface area contributed by atoms with Gasteiger partial charge in [0.15, 0.2) is 0 Å². The molecule has 112 valence electrons. The number of aliphatic hydroxyl groups is 1. The monoisotopic (exact) mass is 345 g/mol. The molecule has 0 saturated carbocycles. The fourth-order valence-electron chi connectivity index (χ4n) is 1.65.